The smallest absolute Gasteiger partial charge is 0.338 e. The fourth-order valence-corrected chi connectivity index (χ4v) is 1.41. The van der Waals surface area contributed by atoms with E-state index in [1.54, 1.807) is 13.0 Å². The van der Waals surface area contributed by atoms with E-state index in [2.05, 4.69) is 4.74 Å². The molecule has 0 unspecified atom stereocenters. The summed E-state index contributed by atoms with van der Waals surface area (Å²) < 4.78 is 4.63. The zero-order chi connectivity index (χ0) is 12.0. The Balaban J connectivity index is 0.000000921. The lowest BCUT2D eigenvalue weighted by Gasteiger charge is -2.06. The highest BCUT2D eigenvalue weighted by molar-refractivity contribution is 6.31. The summed E-state index contributed by atoms with van der Waals surface area (Å²) in [5.41, 5.74) is 2.25. The molecule has 1 aromatic rings. The van der Waals surface area contributed by atoms with Crippen LogP contribution in [0.2, 0.25) is 5.02 Å². The monoisotopic (exact) mass is 228 g/mol. The Labute approximate surface area is 96.2 Å². The number of carbonyl (C=O) groups is 1. The molecule has 84 valence electrons. The lowest BCUT2D eigenvalue weighted by molar-refractivity contribution is 0.0600. The highest BCUT2D eigenvalue weighted by Crippen LogP contribution is 2.21. The minimum absolute atomic E-state index is 0.344. The van der Waals surface area contributed by atoms with Gasteiger partial charge in [-0.3, -0.25) is 0 Å². The van der Waals surface area contributed by atoms with Gasteiger partial charge in [-0.15, -0.1) is 0 Å². The maximum Gasteiger partial charge on any atom is 0.338 e. The molecule has 0 fully saturated rings. The Morgan fingerprint density at radius 2 is 1.80 bits per heavy atom. The molecule has 0 radical (unpaired) electrons. The van der Waals surface area contributed by atoms with Crippen molar-refractivity contribution in [2.24, 2.45) is 0 Å². The topological polar surface area (TPSA) is 26.3 Å². The molecule has 0 N–H and O–H groups in total. The number of aryl methyl sites for hydroxylation is 1. The van der Waals surface area contributed by atoms with Gasteiger partial charge in [0.25, 0.3) is 0 Å². The Kier molecular flexibility index (Phi) is 6.02. The highest BCUT2D eigenvalue weighted by Gasteiger charge is 2.11. The van der Waals surface area contributed by atoms with Crippen molar-refractivity contribution in [2.45, 2.75) is 27.7 Å². The maximum atomic E-state index is 11.3. The SMILES string of the molecule is CC.COC(=O)c1cc(C)cc(Cl)c1C. The van der Waals surface area contributed by atoms with E-state index in [4.69, 9.17) is 11.6 Å². The molecular formula is C12H17ClO2. The molecular weight excluding hydrogens is 212 g/mol. The molecule has 0 saturated carbocycles. The standard InChI is InChI=1S/C10H11ClO2.C2H6/c1-6-4-8(10(12)13-3)7(2)9(11)5-6;1-2/h4-5H,1-3H3;1-2H3. The first kappa shape index (κ1) is 14.0. The number of carbonyl (C=O) groups excluding carboxylic acids is 1. The second kappa shape index (κ2) is 6.46. The van der Waals surface area contributed by atoms with Gasteiger partial charge in [0.1, 0.15) is 0 Å². The van der Waals surface area contributed by atoms with E-state index in [1.807, 2.05) is 26.8 Å². The third kappa shape index (κ3) is 3.56. The van der Waals surface area contributed by atoms with E-state index in [9.17, 15) is 4.79 Å². The van der Waals surface area contributed by atoms with Gasteiger partial charge in [0.15, 0.2) is 0 Å². The Morgan fingerprint density at radius 3 is 2.27 bits per heavy atom. The summed E-state index contributed by atoms with van der Waals surface area (Å²) in [4.78, 5) is 11.3. The fourth-order valence-electron chi connectivity index (χ4n) is 1.14. The molecule has 2 nitrogen and oxygen atoms in total. The number of hydrogen-bond acceptors (Lipinski definition) is 2. The summed E-state index contributed by atoms with van der Waals surface area (Å²) in [5.74, 6) is -0.344. The molecule has 0 atom stereocenters. The van der Waals surface area contributed by atoms with Crippen LogP contribution in [0, 0.1) is 13.8 Å². The zero-order valence-corrected chi connectivity index (χ0v) is 10.6. The van der Waals surface area contributed by atoms with Crippen molar-refractivity contribution in [3.8, 4) is 0 Å². The highest BCUT2D eigenvalue weighted by atomic mass is 35.5. The molecule has 0 saturated heterocycles. The number of benzene rings is 1. The molecule has 0 spiro atoms. The molecule has 1 aromatic carbocycles. The van der Waals surface area contributed by atoms with Crippen LogP contribution in [0.25, 0.3) is 0 Å². The summed E-state index contributed by atoms with van der Waals surface area (Å²) in [6, 6.07) is 3.59. The van der Waals surface area contributed by atoms with Crippen molar-refractivity contribution in [2.75, 3.05) is 7.11 Å². The number of esters is 1. The van der Waals surface area contributed by atoms with Crippen LogP contribution in [0.4, 0.5) is 0 Å². The maximum absolute atomic E-state index is 11.3. The predicted molar refractivity (Wildman–Crippen MR) is 63.6 cm³/mol. The van der Waals surface area contributed by atoms with Gasteiger partial charge in [-0.25, -0.2) is 4.79 Å². The largest absolute Gasteiger partial charge is 0.465 e. The molecule has 15 heavy (non-hydrogen) atoms. The van der Waals surface area contributed by atoms with Gasteiger partial charge >= 0.3 is 5.97 Å². The van der Waals surface area contributed by atoms with Crippen LogP contribution in [-0.2, 0) is 4.74 Å². The predicted octanol–water partition coefficient (Wildman–Crippen LogP) is 3.77. The van der Waals surface area contributed by atoms with E-state index in [1.165, 1.54) is 7.11 Å². The van der Waals surface area contributed by atoms with Crippen molar-refractivity contribution in [1.82, 2.24) is 0 Å². The Morgan fingerprint density at radius 1 is 1.27 bits per heavy atom. The number of rotatable bonds is 1. The van der Waals surface area contributed by atoms with Crippen LogP contribution in [0.15, 0.2) is 12.1 Å². The zero-order valence-electron chi connectivity index (χ0n) is 9.85. The summed E-state index contributed by atoms with van der Waals surface area (Å²) in [7, 11) is 1.36. The van der Waals surface area contributed by atoms with Crippen LogP contribution in [-0.4, -0.2) is 13.1 Å². The van der Waals surface area contributed by atoms with E-state index < -0.39 is 0 Å². The molecule has 3 heteroatoms. The number of methoxy groups -OCH3 is 1. The fraction of sp³-hybridized carbons (Fsp3) is 0.417. The van der Waals surface area contributed by atoms with E-state index in [0.29, 0.717) is 10.6 Å². The number of halogens is 1. The average molecular weight is 229 g/mol. The quantitative estimate of drug-likeness (QED) is 0.684. The first-order chi connectivity index (χ1) is 7.06. The summed E-state index contributed by atoms with van der Waals surface area (Å²) in [5, 5.41) is 0.598. The Hall–Kier alpha value is -1.02. The van der Waals surface area contributed by atoms with Crippen molar-refractivity contribution in [3.63, 3.8) is 0 Å². The van der Waals surface area contributed by atoms with Gasteiger partial charge in [0, 0.05) is 5.02 Å². The average Bonchev–Trinajstić information content (AvgIpc) is 2.25. The van der Waals surface area contributed by atoms with Gasteiger partial charge in [-0.05, 0) is 37.1 Å². The first-order valence-corrected chi connectivity index (χ1v) is 5.29. The summed E-state index contributed by atoms with van der Waals surface area (Å²) in [6.45, 7) is 7.69. The van der Waals surface area contributed by atoms with Crippen molar-refractivity contribution >= 4 is 17.6 Å². The van der Waals surface area contributed by atoms with Crippen LogP contribution < -0.4 is 0 Å². The van der Waals surface area contributed by atoms with Crippen LogP contribution >= 0.6 is 11.6 Å². The second-order valence-electron chi connectivity index (χ2n) is 2.91. The van der Waals surface area contributed by atoms with Crippen LogP contribution in [0.3, 0.4) is 0 Å². The lowest BCUT2D eigenvalue weighted by atomic mass is 10.1. The Bertz CT molecular complexity index is 346. The molecule has 1 rings (SSSR count). The van der Waals surface area contributed by atoms with Crippen LogP contribution in [0.1, 0.15) is 35.3 Å². The lowest BCUT2D eigenvalue weighted by Crippen LogP contribution is -2.04. The summed E-state index contributed by atoms with van der Waals surface area (Å²) in [6.07, 6.45) is 0. The molecule has 0 heterocycles. The molecule has 0 aliphatic rings. The van der Waals surface area contributed by atoms with Gasteiger partial charge in [0.05, 0.1) is 12.7 Å². The minimum Gasteiger partial charge on any atom is -0.465 e. The van der Waals surface area contributed by atoms with Crippen molar-refractivity contribution < 1.29 is 9.53 Å². The van der Waals surface area contributed by atoms with Gasteiger partial charge in [-0.2, -0.15) is 0 Å². The molecule has 0 amide bonds. The van der Waals surface area contributed by atoms with Crippen molar-refractivity contribution in [3.05, 3.63) is 33.8 Å². The van der Waals surface area contributed by atoms with Gasteiger partial charge < -0.3 is 4.74 Å². The number of ether oxygens (including phenoxy) is 1. The molecule has 0 bridgehead atoms. The van der Waals surface area contributed by atoms with E-state index >= 15 is 0 Å². The second-order valence-corrected chi connectivity index (χ2v) is 3.32. The van der Waals surface area contributed by atoms with E-state index in [-0.39, 0.29) is 5.97 Å². The van der Waals surface area contributed by atoms with Crippen molar-refractivity contribution in [1.29, 1.82) is 0 Å². The van der Waals surface area contributed by atoms with Gasteiger partial charge in [-0.1, -0.05) is 25.4 Å². The van der Waals surface area contributed by atoms with Crippen LogP contribution in [0.5, 0.6) is 0 Å². The molecule has 0 aromatic heterocycles. The third-order valence-electron chi connectivity index (χ3n) is 1.89. The van der Waals surface area contributed by atoms with Gasteiger partial charge in [0.2, 0.25) is 0 Å². The van der Waals surface area contributed by atoms with E-state index in [0.717, 1.165) is 11.1 Å². The third-order valence-corrected chi connectivity index (χ3v) is 2.29. The molecule has 0 aliphatic carbocycles. The normalized spacial score (nSPS) is 8.93. The number of hydrogen-bond donors (Lipinski definition) is 0. The summed E-state index contributed by atoms with van der Waals surface area (Å²) >= 11 is 5.91. The molecule has 0 aliphatic heterocycles. The first-order valence-electron chi connectivity index (χ1n) is 4.91. The minimum atomic E-state index is -0.344.